The molecule has 0 aliphatic carbocycles. The van der Waals surface area contributed by atoms with Crippen LogP contribution in [0.3, 0.4) is 0 Å². The Balaban J connectivity index is 1.83. The van der Waals surface area contributed by atoms with E-state index in [0.29, 0.717) is 18.7 Å². The highest BCUT2D eigenvalue weighted by Gasteiger charge is 2.27. The van der Waals surface area contributed by atoms with Gasteiger partial charge in [0.25, 0.3) is 5.91 Å². The number of nitrogens with zero attached hydrogens (tertiary/aromatic N) is 1. The van der Waals surface area contributed by atoms with Crippen LogP contribution >= 0.6 is 0 Å². The van der Waals surface area contributed by atoms with Gasteiger partial charge in [0.05, 0.1) is 23.5 Å². The molecule has 1 saturated heterocycles. The van der Waals surface area contributed by atoms with Gasteiger partial charge in [0.2, 0.25) is 0 Å². The lowest BCUT2D eigenvalue weighted by molar-refractivity contribution is -0.0585. The van der Waals surface area contributed by atoms with Gasteiger partial charge in [-0.15, -0.1) is 0 Å². The summed E-state index contributed by atoms with van der Waals surface area (Å²) in [5.74, 6) is 0.0473. The molecule has 1 heterocycles. The lowest BCUT2D eigenvalue weighted by Gasteiger charge is -2.35. The van der Waals surface area contributed by atoms with Crippen LogP contribution in [0, 0.1) is 0 Å². The van der Waals surface area contributed by atoms with E-state index >= 15 is 0 Å². The Hall–Kier alpha value is -2.33. The van der Waals surface area contributed by atoms with Crippen LogP contribution in [0.25, 0.3) is 0 Å². The van der Waals surface area contributed by atoms with Crippen molar-refractivity contribution in [3.05, 3.63) is 60.2 Å². The Labute approximate surface area is 137 Å². The number of nitrogens with one attached hydrogen (secondary N) is 1. The Morgan fingerprint density at radius 2 is 1.61 bits per heavy atom. The van der Waals surface area contributed by atoms with Crippen molar-refractivity contribution in [1.29, 1.82) is 0 Å². The Morgan fingerprint density at radius 1 is 1.00 bits per heavy atom. The van der Waals surface area contributed by atoms with Crippen molar-refractivity contribution in [3.63, 3.8) is 0 Å². The number of rotatable bonds is 3. The zero-order valence-electron chi connectivity index (χ0n) is 13.5. The van der Waals surface area contributed by atoms with Crippen LogP contribution in [0.15, 0.2) is 54.6 Å². The standard InChI is InChI=1S/C19H22N2O2/c1-14-12-21(13-15(2)23-14)19(22)17-10-6-7-11-18(17)20-16-8-4-3-5-9-16/h3-11,14-15,20H,12-13H2,1-2H3. The predicted octanol–water partition coefficient (Wildman–Crippen LogP) is 3.68. The summed E-state index contributed by atoms with van der Waals surface area (Å²) in [5.41, 5.74) is 2.49. The molecule has 23 heavy (non-hydrogen) atoms. The molecule has 1 fully saturated rings. The minimum absolute atomic E-state index is 0.0473. The first-order valence-electron chi connectivity index (χ1n) is 7.99. The molecule has 1 aliphatic heterocycles. The topological polar surface area (TPSA) is 41.6 Å². The summed E-state index contributed by atoms with van der Waals surface area (Å²) >= 11 is 0. The second kappa shape index (κ2) is 6.84. The van der Waals surface area contributed by atoms with Gasteiger partial charge in [-0.2, -0.15) is 0 Å². The molecule has 0 aromatic heterocycles. The van der Waals surface area contributed by atoms with E-state index < -0.39 is 0 Å². The second-order valence-electron chi connectivity index (χ2n) is 6.00. The number of carbonyl (C=O) groups excluding carboxylic acids is 1. The minimum Gasteiger partial charge on any atom is -0.372 e. The maximum Gasteiger partial charge on any atom is 0.256 e. The fourth-order valence-corrected chi connectivity index (χ4v) is 2.97. The van der Waals surface area contributed by atoms with Gasteiger partial charge in [-0.1, -0.05) is 30.3 Å². The van der Waals surface area contributed by atoms with Gasteiger partial charge in [0, 0.05) is 18.8 Å². The van der Waals surface area contributed by atoms with Crippen molar-refractivity contribution in [2.75, 3.05) is 18.4 Å². The van der Waals surface area contributed by atoms with E-state index in [0.717, 1.165) is 11.4 Å². The predicted molar refractivity (Wildman–Crippen MR) is 92.1 cm³/mol. The van der Waals surface area contributed by atoms with Gasteiger partial charge >= 0.3 is 0 Å². The maximum absolute atomic E-state index is 12.9. The number of anilines is 2. The highest BCUT2D eigenvalue weighted by molar-refractivity contribution is 6.00. The first kappa shape index (κ1) is 15.6. The average Bonchev–Trinajstić information content (AvgIpc) is 2.55. The first-order chi connectivity index (χ1) is 11.1. The molecule has 4 heteroatoms. The Bertz CT molecular complexity index is 662. The normalized spacial score (nSPS) is 21.0. The van der Waals surface area contributed by atoms with Gasteiger partial charge in [-0.25, -0.2) is 0 Å². The molecular formula is C19H22N2O2. The summed E-state index contributed by atoms with van der Waals surface area (Å²) in [4.78, 5) is 14.8. The molecule has 4 nitrogen and oxygen atoms in total. The smallest absolute Gasteiger partial charge is 0.256 e. The summed E-state index contributed by atoms with van der Waals surface area (Å²) in [6.45, 7) is 5.26. The van der Waals surface area contributed by atoms with E-state index in [1.807, 2.05) is 73.3 Å². The molecule has 1 aliphatic rings. The molecule has 2 aromatic carbocycles. The SMILES string of the molecule is CC1CN(C(=O)c2ccccc2Nc2ccccc2)CC(C)O1. The molecule has 0 spiro atoms. The quantitative estimate of drug-likeness (QED) is 0.940. The molecule has 0 radical (unpaired) electrons. The van der Waals surface area contributed by atoms with Gasteiger partial charge in [-0.05, 0) is 38.1 Å². The maximum atomic E-state index is 12.9. The number of carbonyl (C=O) groups is 1. The average molecular weight is 310 g/mol. The Morgan fingerprint density at radius 3 is 2.30 bits per heavy atom. The largest absolute Gasteiger partial charge is 0.372 e. The first-order valence-corrected chi connectivity index (χ1v) is 7.99. The van der Waals surface area contributed by atoms with Crippen LogP contribution in [0.1, 0.15) is 24.2 Å². The minimum atomic E-state index is 0.0473. The van der Waals surface area contributed by atoms with Crippen molar-refractivity contribution in [2.45, 2.75) is 26.1 Å². The third-order valence-corrected chi connectivity index (χ3v) is 3.92. The zero-order valence-corrected chi connectivity index (χ0v) is 13.5. The van der Waals surface area contributed by atoms with Crippen molar-refractivity contribution in [3.8, 4) is 0 Å². The molecule has 1 amide bonds. The van der Waals surface area contributed by atoms with E-state index in [1.54, 1.807) is 0 Å². The highest BCUT2D eigenvalue weighted by atomic mass is 16.5. The molecule has 2 unspecified atom stereocenters. The highest BCUT2D eigenvalue weighted by Crippen LogP contribution is 2.23. The molecule has 1 N–H and O–H groups in total. The Kier molecular flexibility index (Phi) is 4.63. The molecule has 3 rings (SSSR count). The van der Waals surface area contributed by atoms with Crippen molar-refractivity contribution in [1.82, 2.24) is 4.90 Å². The number of ether oxygens (including phenoxy) is 1. The molecule has 2 atom stereocenters. The monoisotopic (exact) mass is 310 g/mol. The number of para-hydroxylation sites is 2. The van der Waals surface area contributed by atoms with Crippen LogP contribution < -0.4 is 5.32 Å². The van der Waals surface area contributed by atoms with Crippen LogP contribution in [0.2, 0.25) is 0 Å². The fourth-order valence-electron chi connectivity index (χ4n) is 2.97. The number of hydrogen-bond donors (Lipinski definition) is 1. The van der Waals surface area contributed by atoms with Gasteiger partial charge in [-0.3, -0.25) is 4.79 Å². The van der Waals surface area contributed by atoms with Crippen molar-refractivity contribution in [2.24, 2.45) is 0 Å². The summed E-state index contributed by atoms with van der Waals surface area (Å²) in [5, 5.41) is 3.34. The summed E-state index contributed by atoms with van der Waals surface area (Å²) in [7, 11) is 0. The van der Waals surface area contributed by atoms with Crippen molar-refractivity contribution < 1.29 is 9.53 Å². The van der Waals surface area contributed by atoms with Gasteiger partial charge in [0.1, 0.15) is 0 Å². The van der Waals surface area contributed by atoms with Crippen LogP contribution in [-0.4, -0.2) is 36.1 Å². The van der Waals surface area contributed by atoms with Crippen LogP contribution in [0.4, 0.5) is 11.4 Å². The van der Waals surface area contributed by atoms with Crippen LogP contribution in [0.5, 0.6) is 0 Å². The lowest BCUT2D eigenvalue weighted by atomic mass is 10.1. The molecule has 0 bridgehead atoms. The molecule has 2 aromatic rings. The zero-order chi connectivity index (χ0) is 16.2. The van der Waals surface area contributed by atoms with Gasteiger partial charge in [0.15, 0.2) is 0 Å². The lowest BCUT2D eigenvalue weighted by Crippen LogP contribution is -2.48. The second-order valence-corrected chi connectivity index (χ2v) is 6.00. The van der Waals surface area contributed by atoms with E-state index in [1.165, 1.54) is 0 Å². The van der Waals surface area contributed by atoms with Crippen LogP contribution in [-0.2, 0) is 4.74 Å². The summed E-state index contributed by atoms with van der Waals surface area (Å²) < 4.78 is 5.72. The van der Waals surface area contributed by atoms with E-state index in [4.69, 9.17) is 4.74 Å². The summed E-state index contributed by atoms with van der Waals surface area (Å²) in [6, 6.07) is 17.5. The number of benzene rings is 2. The van der Waals surface area contributed by atoms with Crippen molar-refractivity contribution >= 4 is 17.3 Å². The van der Waals surface area contributed by atoms with E-state index in [9.17, 15) is 4.79 Å². The molecule has 120 valence electrons. The number of amides is 1. The molecular weight excluding hydrogens is 288 g/mol. The third kappa shape index (κ3) is 3.71. The van der Waals surface area contributed by atoms with E-state index in [-0.39, 0.29) is 18.1 Å². The molecule has 0 saturated carbocycles. The number of hydrogen-bond acceptors (Lipinski definition) is 3. The fraction of sp³-hybridized carbons (Fsp3) is 0.316. The number of morpholine rings is 1. The third-order valence-electron chi connectivity index (χ3n) is 3.92. The summed E-state index contributed by atoms with van der Waals surface area (Å²) in [6.07, 6.45) is 0.133. The van der Waals surface area contributed by atoms with E-state index in [2.05, 4.69) is 5.32 Å². The van der Waals surface area contributed by atoms with Gasteiger partial charge < -0.3 is 15.0 Å².